The molecule has 0 aromatic carbocycles. The highest BCUT2D eigenvalue weighted by Crippen LogP contribution is 2.01. The van der Waals surface area contributed by atoms with Gasteiger partial charge in [-0.05, 0) is 13.0 Å². The van der Waals surface area contributed by atoms with E-state index < -0.39 is 24.6 Å². The molecule has 0 aliphatic heterocycles. The summed E-state index contributed by atoms with van der Waals surface area (Å²) >= 11 is 0. The van der Waals surface area contributed by atoms with E-state index in [1.54, 1.807) is 6.92 Å². The van der Waals surface area contributed by atoms with Crippen molar-refractivity contribution in [3.63, 3.8) is 0 Å². The van der Waals surface area contributed by atoms with Crippen LogP contribution in [-0.4, -0.2) is 31.2 Å². The summed E-state index contributed by atoms with van der Waals surface area (Å²) in [6.45, 7) is 1.18. The molecule has 0 atom stereocenters. The van der Waals surface area contributed by atoms with E-state index in [1.807, 2.05) is 5.32 Å². The van der Waals surface area contributed by atoms with Gasteiger partial charge in [-0.25, -0.2) is 9.59 Å². The van der Waals surface area contributed by atoms with E-state index >= 15 is 0 Å². The van der Waals surface area contributed by atoms with Crippen LogP contribution in [0.25, 0.3) is 0 Å². The first kappa shape index (κ1) is 12.8. The molecule has 1 aromatic rings. The Morgan fingerprint density at radius 3 is 2.71 bits per heavy atom. The summed E-state index contributed by atoms with van der Waals surface area (Å²) in [6, 6.07) is 1.39. The van der Waals surface area contributed by atoms with Crippen LogP contribution in [0.1, 0.15) is 17.3 Å². The van der Waals surface area contributed by atoms with Crippen LogP contribution in [-0.2, 0) is 14.3 Å². The zero-order chi connectivity index (χ0) is 12.7. The molecule has 1 N–H and O–H groups in total. The van der Waals surface area contributed by atoms with Gasteiger partial charge in [0.1, 0.15) is 6.26 Å². The standard InChI is InChI=1S/C10H11NO6/c1-2-16-10(14)11-8(12)6-17-9(13)7-3-4-15-5-7/h3-5H,2,6H2,1H3,(H,11,12,14). The summed E-state index contributed by atoms with van der Waals surface area (Å²) in [5.41, 5.74) is 0.189. The van der Waals surface area contributed by atoms with Crippen LogP contribution in [0, 0.1) is 0 Å². The summed E-state index contributed by atoms with van der Waals surface area (Å²) < 4.78 is 13.7. The van der Waals surface area contributed by atoms with E-state index in [4.69, 9.17) is 0 Å². The number of alkyl carbamates (subject to hydrolysis) is 1. The number of rotatable bonds is 4. The highest BCUT2D eigenvalue weighted by Gasteiger charge is 2.13. The molecule has 92 valence electrons. The predicted molar refractivity (Wildman–Crippen MR) is 54.2 cm³/mol. The zero-order valence-corrected chi connectivity index (χ0v) is 9.10. The Kier molecular flexibility index (Phi) is 4.74. The van der Waals surface area contributed by atoms with Gasteiger partial charge in [-0.2, -0.15) is 0 Å². The van der Waals surface area contributed by atoms with E-state index in [9.17, 15) is 14.4 Å². The average molecular weight is 241 g/mol. The maximum absolute atomic E-state index is 11.2. The molecule has 2 amide bonds. The SMILES string of the molecule is CCOC(=O)NC(=O)COC(=O)c1ccoc1. The lowest BCUT2D eigenvalue weighted by atomic mass is 10.3. The molecule has 17 heavy (non-hydrogen) atoms. The number of esters is 1. The van der Waals surface area contributed by atoms with Crippen LogP contribution in [0.5, 0.6) is 0 Å². The maximum Gasteiger partial charge on any atom is 0.413 e. The molecule has 0 spiro atoms. The number of imide groups is 1. The molecule has 0 bridgehead atoms. The molecule has 0 saturated heterocycles. The summed E-state index contributed by atoms with van der Waals surface area (Å²) in [5, 5.41) is 1.88. The number of carbonyl (C=O) groups excluding carboxylic acids is 3. The van der Waals surface area contributed by atoms with Crippen LogP contribution >= 0.6 is 0 Å². The lowest BCUT2D eigenvalue weighted by molar-refractivity contribution is -0.123. The minimum atomic E-state index is -0.878. The number of hydrogen-bond donors (Lipinski definition) is 1. The van der Waals surface area contributed by atoms with E-state index in [-0.39, 0.29) is 12.2 Å². The number of ether oxygens (including phenoxy) is 2. The Balaban J connectivity index is 2.29. The minimum Gasteiger partial charge on any atom is -0.472 e. The van der Waals surface area contributed by atoms with Crippen molar-refractivity contribution in [3.05, 3.63) is 24.2 Å². The molecule has 7 heteroatoms. The lowest BCUT2D eigenvalue weighted by Crippen LogP contribution is -2.34. The summed E-state index contributed by atoms with van der Waals surface area (Å²) in [7, 11) is 0. The van der Waals surface area contributed by atoms with Gasteiger partial charge in [0, 0.05) is 0 Å². The molecule has 1 heterocycles. The third-order valence-corrected chi connectivity index (χ3v) is 1.61. The largest absolute Gasteiger partial charge is 0.472 e. The molecule has 0 fully saturated rings. The molecule has 1 rings (SSSR count). The first-order valence-corrected chi connectivity index (χ1v) is 4.79. The molecular weight excluding hydrogens is 230 g/mol. The Morgan fingerprint density at radius 2 is 2.12 bits per heavy atom. The van der Waals surface area contributed by atoms with Crippen molar-refractivity contribution in [2.24, 2.45) is 0 Å². The highest BCUT2D eigenvalue weighted by molar-refractivity contribution is 5.95. The van der Waals surface area contributed by atoms with Crippen LogP contribution in [0.2, 0.25) is 0 Å². The summed E-state index contributed by atoms with van der Waals surface area (Å²) in [4.78, 5) is 33.2. The number of hydrogen-bond acceptors (Lipinski definition) is 6. The molecule has 0 saturated carbocycles. The number of nitrogens with one attached hydrogen (secondary N) is 1. The summed E-state index contributed by atoms with van der Waals surface area (Å²) in [5.74, 6) is -1.47. The van der Waals surface area contributed by atoms with Gasteiger partial charge in [-0.3, -0.25) is 10.1 Å². The van der Waals surface area contributed by atoms with E-state index in [0.29, 0.717) is 0 Å². The van der Waals surface area contributed by atoms with Crippen LogP contribution in [0.3, 0.4) is 0 Å². The topological polar surface area (TPSA) is 94.8 Å². The normalized spacial score (nSPS) is 9.47. The van der Waals surface area contributed by atoms with Gasteiger partial charge in [0.15, 0.2) is 6.61 Å². The fourth-order valence-electron chi connectivity index (χ4n) is 0.912. The fourth-order valence-corrected chi connectivity index (χ4v) is 0.912. The average Bonchev–Trinajstić information content (AvgIpc) is 2.79. The van der Waals surface area contributed by atoms with Gasteiger partial charge in [-0.1, -0.05) is 0 Å². The van der Waals surface area contributed by atoms with E-state index in [1.165, 1.54) is 18.6 Å². The Bertz CT molecular complexity index is 397. The van der Waals surface area contributed by atoms with Gasteiger partial charge in [-0.15, -0.1) is 0 Å². The third-order valence-electron chi connectivity index (χ3n) is 1.61. The fraction of sp³-hybridized carbons (Fsp3) is 0.300. The minimum absolute atomic E-state index is 0.147. The zero-order valence-electron chi connectivity index (χ0n) is 9.10. The smallest absolute Gasteiger partial charge is 0.413 e. The van der Waals surface area contributed by atoms with Crippen molar-refractivity contribution in [3.8, 4) is 0 Å². The number of amides is 2. The van der Waals surface area contributed by atoms with Crippen molar-refractivity contribution in [1.82, 2.24) is 5.32 Å². The monoisotopic (exact) mass is 241 g/mol. The van der Waals surface area contributed by atoms with E-state index in [2.05, 4.69) is 13.9 Å². The molecule has 0 unspecified atom stereocenters. The van der Waals surface area contributed by atoms with Crippen molar-refractivity contribution in [2.75, 3.05) is 13.2 Å². The van der Waals surface area contributed by atoms with Gasteiger partial charge in [0.25, 0.3) is 5.91 Å². The van der Waals surface area contributed by atoms with Gasteiger partial charge in [0.2, 0.25) is 0 Å². The molecule has 0 aliphatic rings. The predicted octanol–water partition coefficient (Wildman–Crippen LogP) is 0.709. The quantitative estimate of drug-likeness (QED) is 0.780. The van der Waals surface area contributed by atoms with Gasteiger partial charge >= 0.3 is 12.1 Å². The van der Waals surface area contributed by atoms with Crippen molar-refractivity contribution in [2.45, 2.75) is 6.92 Å². The van der Waals surface area contributed by atoms with Crippen LogP contribution in [0.15, 0.2) is 23.0 Å². The highest BCUT2D eigenvalue weighted by atomic mass is 16.6. The lowest BCUT2D eigenvalue weighted by Gasteiger charge is -2.04. The number of furan rings is 1. The number of carbonyl (C=O) groups is 3. The van der Waals surface area contributed by atoms with Gasteiger partial charge in [0.05, 0.1) is 18.4 Å². The van der Waals surface area contributed by atoms with Crippen molar-refractivity contribution >= 4 is 18.0 Å². The Hall–Kier alpha value is -2.31. The second-order valence-corrected chi connectivity index (χ2v) is 2.86. The molecular formula is C10H11NO6. The summed E-state index contributed by atoms with van der Waals surface area (Å²) in [6.07, 6.45) is 1.61. The first-order chi connectivity index (χ1) is 8.13. The molecule has 0 aliphatic carbocycles. The molecule has 0 radical (unpaired) electrons. The van der Waals surface area contributed by atoms with Gasteiger partial charge < -0.3 is 13.9 Å². The molecule has 7 nitrogen and oxygen atoms in total. The van der Waals surface area contributed by atoms with Crippen LogP contribution in [0.4, 0.5) is 4.79 Å². The second-order valence-electron chi connectivity index (χ2n) is 2.86. The Labute approximate surface area is 96.7 Å². The van der Waals surface area contributed by atoms with Crippen molar-refractivity contribution in [1.29, 1.82) is 0 Å². The second kappa shape index (κ2) is 6.31. The van der Waals surface area contributed by atoms with E-state index in [0.717, 1.165) is 0 Å². The molecule has 1 aromatic heterocycles. The maximum atomic E-state index is 11.2. The Morgan fingerprint density at radius 1 is 1.35 bits per heavy atom. The third kappa shape index (κ3) is 4.37. The first-order valence-electron chi connectivity index (χ1n) is 4.79. The van der Waals surface area contributed by atoms with Crippen molar-refractivity contribution < 1.29 is 28.3 Å². The van der Waals surface area contributed by atoms with Crippen LogP contribution < -0.4 is 5.32 Å².